The van der Waals surface area contributed by atoms with Crippen molar-refractivity contribution < 1.29 is 19.7 Å². The summed E-state index contributed by atoms with van der Waals surface area (Å²) in [6.45, 7) is 2.51. The van der Waals surface area contributed by atoms with Gasteiger partial charge in [-0.15, -0.1) is 0 Å². The van der Waals surface area contributed by atoms with Gasteiger partial charge in [0.05, 0.1) is 5.92 Å². The van der Waals surface area contributed by atoms with Gasteiger partial charge in [-0.25, -0.2) is 4.79 Å². The summed E-state index contributed by atoms with van der Waals surface area (Å²) in [5.41, 5.74) is 2.20. The van der Waals surface area contributed by atoms with Crippen molar-refractivity contribution in [3.8, 4) is 5.75 Å². The van der Waals surface area contributed by atoms with Crippen molar-refractivity contribution in [3.63, 3.8) is 0 Å². The SMILES string of the molecule is CCN(C1=C(O)C(CCc2ccc(O)cc2)C(C2CC2)OC1=O)c1ccccc1. The molecule has 0 saturated heterocycles. The van der Waals surface area contributed by atoms with Crippen molar-refractivity contribution in [3.05, 3.63) is 71.6 Å². The lowest BCUT2D eigenvalue weighted by Crippen LogP contribution is -2.42. The maximum absolute atomic E-state index is 12.9. The van der Waals surface area contributed by atoms with Gasteiger partial charge < -0.3 is 19.8 Å². The van der Waals surface area contributed by atoms with Crippen LogP contribution in [0.1, 0.15) is 31.7 Å². The number of nitrogens with zero attached hydrogens (tertiary/aromatic N) is 1. The average molecular weight is 393 g/mol. The fourth-order valence-electron chi connectivity index (χ4n) is 4.16. The largest absolute Gasteiger partial charge is 0.509 e. The van der Waals surface area contributed by atoms with Gasteiger partial charge in [0.2, 0.25) is 0 Å². The number of benzene rings is 2. The summed E-state index contributed by atoms with van der Waals surface area (Å²) >= 11 is 0. The van der Waals surface area contributed by atoms with E-state index in [2.05, 4.69) is 0 Å². The number of para-hydroxylation sites is 1. The number of hydrogen-bond donors (Lipinski definition) is 2. The maximum atomic E-state index is 12.9. The molecule has 2 N–H and O–H groups in total. The summed E-state index contributed by atoms with van der Waals surface area (Å²) in [5.74, 6) is 0.0531. The Balaban J connectivity index is 1.64. The molecule has 1 saturated carbocycles. The van der Waals surface area contributed by atoms with Crippen LogP contribution in [0.25, 0.3) is 0 Å². The third-order valence-electron chi connectivity index (χ3n) is 5.85. The molecule has 2 unspecified atom stereocenters. The lowest BCUT2D eigenvalue weighted by Gasteiger charge is -2.36. The van der Waals surface area contributed by atoms with Crippen LogP contribution in [-0.4, -0.2) is 28.8 Å². The predicted molar refractivity (Wildman–Crippen MR) is 112 cm³/mol. The summed E-state index contributed by atoms with van der Waals surface area (Å²) in [5, 5.41) is 20.7. The predicted octanol–water partition coefficient (Wildman–Crippen LogP) is 4.57. The van der Waals surface area contributed by atoms with Crippen molar-refractivity contribution in [1.82, 2.24) is 0 Å². The first kappa shape index (κ1) is 19.4. The minimum absolute atomic E-state index is 0.141. The van der Waals surface area contributed by atoms with Gasteiger partial charge in [0, 0.05) is 12.2 Å². The van der Waals surface area contributed by atoms with Gasteiger partial charge in [-0.1, -0.05) is 30.3 Å². The fraction of sp³-hybridized carbons (Fsp3) is 0.375. The molecule has 2 aromatic carbocycles. The quantitative estimate of drug-likeness (QED) is 0.674. The normalized spacial score (nSPS) is 21.8. The van der Waals surface area contributed by atoms with Gasteiger partial charge in [0.25, 0.3) is 0 Å². The number of phenols is 1. The summed E-state index contributed by atoms with van der Waals surface area (Å²) in [4.78, 5) is 14.7. The molecule has 4 rings (SSSR count). The third-order valence-corrected chi connectivity index (χ3v) is 5.85. The minimum atomic E-state index is -0.439. The van der Waals surface area contributed by atoms with Crippen LogP contribution >= 0.6 is 0 Å². The molecule has 0 amide bonds. The Labute approximate surface area is 171 Å². The highest BCUT2D eigenvalue weighted by Crippen LogP contribution is 2.44. The third kappa shape index (κ3) is 4.09. The Morgan fingerprint density at radius 3 is 2.34 bits per heavy atom. The fourth-order valence-corrected chi connectivity index (χ4v) is 4.16. The number of phenolic OH excluding ortho intramolecular Hbond substituents is 1. The van der Waals surface area contributed by atoms with Gasteiger partial charge in [0.1, 0.15) is 17.6 Å². The number of hydrogen-bond acceptors (Lipinski definition) is 5. The Morgan fingerprint density at radius 1 is 1.03 bits per heavy atom. The maximum Gasteiger partial charge on any atom is 0.358 e. The number of likely N-dealkylation sites (N-methyl/N-ethyl adjacent to an activating group) is 1. The number of aryl methyl sites for hydroxylation is 1. The van der Waals surface area contributed by atoms with Crippen molar-refractivity contribution >= 4 is 11.7 Å². The van der Waals surface area contributed by atoms with Crippen LogP contribution in [0.4, 0.5) is 5.69 Å². The Bertz CT molecular complexity index is 887. The van der Waals surface area contributed by atoms with Gasteiger partial charge in [-0.3, -0.25) is 0 Å². The molecule has 1 heterocycles. The molecular weight excluding hydrogens is 366 g/mol. The molecule has 2 aromatic rings. The highest BCUT2D eigenvalue weighted by molar-refractivity contribution is 5.94. The van der Waals surface area contributed by atoms with Crippen molar-refractivity contribution in [1.29, 1.82) is 0 Å². The topological polar surface area (TPSA) is 70.0 Å². The summed E-state index contributed by atoms with van der Waals surface area (Å²) in [6.07, 6.45) is 3.22. The van der Waals surface area contributed by atoms with E-state index in [4.69, 9.17) is 4.74 Å². The number of cyclic esters (lactones) is 1. The lowest BCUT2D eigenvalue weighted by molar-refractivity contribution is -0.151. The van der Waals surface area contributed by atoms with Gasteiger partial charge >= 0.3 is 5.97 Å². The first-order valence-corrected chi connectivity index (χ1v) is 10.3. The monoisotopic (exact) mass is 393 g/mol. The van der Waals surface area contributed by atoms with Crippen LogP contribution in [0.3, 0.4) is 0 Å². The van der Waals surface area contributed by atoms with Crippen molar-refractivity contribution in [2.75, 3.05) is 11.4 Å². The molecule has 0 radical (unpaired) electrons. The molecule has 1 aliphatic carbocycles. The van der Waals surface area contributed by atoms with E-state index in [1.807, 2.05) is 54.3 Å². The van der Waals surface area contributed by atoms with Gasteiger partial charge in [-0.2, -0.15) is 0 Å². The van der Waals surface area contributed by atoms with E-state index in [1.54, 1.807) is 12.1 Å². The van der Waals surface area contributed by atoms with Gasteiger partial charge in [0.15, 0.2) is 5.70 Å². The second-order valence-corrected chi connectivity index (χ2v) is 7.83. The molecule has 5 heteroatoms. The van der Waals surface area contributed by atoms with E-state index < -0.39 is 5.97 Å². The number of ether oxygens (including phenoxy) is 1. The number of rotatable bonds is 7. The zero-order chi connectivity index (χ0) is 20.4. The first-order valence-electron chi connectivity index (χ1n) is 10.3. The molecule has 1 aliphatic heterocycles. The molecule has 0 spiro atoms. The lowest BCUT2D eigenvalue weighted by atomic mass is 9.87. The van der Waals surface area contributed by atoms with Crippen LogP contribution in [0.15, 0.2) is 66.1 Å². The standard InChI is InChI=1S/C24H27NO4/c1-2-25(18-6-4-3-5-7-18)21-22(27)20(23(17-11-12-17)29-24(21)28)15-10-16-8-13-19(26)14-9-16/h3-9,13-14,17,20,23,26-27H,2,10-12,15H2,1H3. The Morgan fingerprint density at radius 2 is 1.72 bits per heavy atom. The number of carbonyl (C=O) groups is 1. The first-order chi connectivity index (χ1) is 14.1. The van der Waals surface area contributed by atoms with Crippen LogP contribution in [-0.2, 0) is 16.0 Å². The van der Waals surface area contributed by atoms with Crippen molar-refractivity contribution in [2.45, 2.75) is 38.7 Å². The zero-order valence-corrected chi connectivity index (χ0v) is 16.6. The number of aromatic hydroxyl groups is 1. The second-order valence-electron chi connectivity index (χ2n) is 7.83. The Hall–Kier alpha value is -2.95. The molecule has 5 nitrogen and oxygen atoms in total. The number of aliphatic hydroxyl groups is 1. The molecule has 152 valence electrons. The number of carbonyl (C=O) groups excluding carboxylic acids is 1. The van der Waals surface area contributed by atoms with E-state index in [-0.39, 0.29) is 29.2 Å². The molecular formula is C24H27NO4. The number of aliphatic hydroxyl groups excluding tert-OH is 1. The smallest absolute Gasteiger partial charge is 0.358 e. The summed E-state index contributed by atoms with van der Waals surface area (Å²) in [7, 11) is 0. The molecule has 1 fully saturated rings. The van der Waals surface area contributed by atoms with Crippen LogP contribution in [0.5, 0.6) is 5.75 Å². The van der Waals surface area contributed by atoms with E-state index in [9.17, 15) is 15.0 Å². The van der Waals surface area contributed by atoms with E-state index >= 15 is 0 Å². The number of anilines is 1. The van der Waals surface area contributed by atoms with Crippen LogP contribution in [0.2, 0.25) is 0 Å². The molecule has 0 aromatic heterocycles. The summed E-state index contributed by atoms with van der Waals surface area (Å²) < 4.78 is 5.88. The summed E-state index contributed by atoms with van der Waals surface area (Å²) in [6, 6.07) is 16.7. The molecule has 0 bridgehead atoms. The zero-order valence-electron chi connectivity index (χ0n) is 16.6. The average Bonchev–Trinajstić information content (AvgIpc) is 3.57. The van der Waals surface area contributed by atoms with E-state index in [0.717, 1.165) is 30.5 Å². The molecule has 29 heavy (non-hydrogen) atoms. The second kappa shape index (κ2) is 8.19. The van der Waals surface area contributed by atoms with Crippen molar-refractivity contribution in [2.24, 2.45) is 11.8 Å². The highest BCUT2D eigenvalue weighted by atomic mass is 16.5. The molecule has 2 atom stereocenters. The number of esters is 1. The van der Waals surface area contributed by atoms with Crippen LogP contribution in [0, 0.1) is 11.8 Å². The van der Waals surface area contributed by atoms with E-state index in [1.165, 1.54) is 0 Å². The minimum Gasteiger partial charge on any atom is -0.509 e. The van der Waals surface area contributed by atoms with E-state index in [0.29, 0.717) is 18.9 Å². The van der Waals surface area contributed by atoms with Crippen LogP contribution < -0.4 is 4.90 Å². The Kier molecular flexibility index (Phi) is 5.47. The van der Waals surface area contributed by atoms with Gasteiger partial charge in [-0.05, 0) is 68.4 Å². The molecule has 2 aliphatic rings. The highest BCUT2D eigenvalue weighted by Gasteiger charge is 2.47.